The van der Waals surface area contributed by atoms with E-state index in [1.165, 1.54) is 0 Å². The average molecular weight is 331 g/mol. The molecule has 0 amide bonds. The summed E-state index contributed by atoms with van der Waals surface area (Å²) in [5.41, 5.74) is 1.87. The maximum absolute atomic E-state index is 9.23. The van der Waals surface area contributed by atoms with Gasteiger partial charge >= 0.3 is 0 Å². The number of nitrogens with zero attached hydrogens (tertiary/aromatic N) is 4. The molecule has 0 unspecified atom stereocenters. The van der Waals surface area contributed by atoms with E-state index in [2.05, 4.69) is 38.5 Å². The molecule has 1 aliphatic rings. The third-order valence-electron chi connectivity index (χ3n) is 4.24. The SMILES string of the molecule is N#Cc1ncc(Cc2cc3ccccc3cn2)nc1O[C@@H]1CCNC1. The summed E-state index contributed by atoms with van der Waals surface area (Å²) in [5.74, 6) is 0.314. The van der Waals surface area contributed by atoms with Crippen molar-refractivity contribution in [3.8, 4) is 11.9 Å². The van der Waals surface area contributed by atoms with Gasteiger partial charge in [-0.25, -0.2) is 9.97 Å². The van der Waals surface area contributed by atoms with Crippen molar-refractivity contribution in [3.05, 3.63) is 59.8 Å². The number of rotatable bonds is 4. The van der Waals surface area contributed by atoms with Gasteiger partial charge in [0.2, 0.25) is 5.69 Å². The first-order valence-corrected chi connectivity index (χ1v) is 8.29. The predicted octanol–water partition coefficient (Wildman–Crippen LogP) is 2.23. The van der Waals surface area contributed by atoms with Gasteiger partial charge in [0.15, 0.2) is 0 Å². The molecule has 1 aromatic carbocycles. The minimum absolute atomic E-state index is 0.0374. The zero-order valence-electron chi connectivity index (χ0n) is 13.6. The van der Waals surface area contributed by atoms with E-state index in [0.29, 0.717) is 12.3 Å². The highest BCUT2D eigenvalue weighted by Crippen LogP contribution is 2.19. The second kappa shape index (κ2) is 6.83. The summed E-state index contributed by atoms with van der Waals surface area (Å²) in [7, 11) is 0. The van der Waals surface area contributed by atoms with Crippen molar-refractivity contribution in [2.24, 2.45) is 0 Å². The molecular formula is C19H17N5O. The molecule has 3 heterocycles. The number of fused-ring (bicyclic) bond motifs is 1. The van der Waals surface area contributed by atoms with Crippen LogP contribution in [0.2, 0.25) is 0 Å². The smallest absolute Gasteiger partial charge is 0.251 e. The van der Waals surface area contributed by atoms with E-state index in [1.807, 2.05) is 24.4 Å². The molecule has 3 aromatic rings. The Bertz CT molecular complexity index is 944. The fraction of sp³-hybridized carbons (Fsp3) is 0.263. The highest BCUT2D eigenvalue weighted by molar-refractivity contribution is 5.81. The van der Waals surface area contributed by atoms with E-state index >= 15 is 0 Å². The first-order valence-electron chi connectivity index (χ1n) is 8.29. The summed E-state index contributed by atoms with van der Waals surface area (Å²) >= 11 is 0. The number of nitrogens with one attached hydrogen (secondary N) is 1. The standard InChI is InChI=1S/C19H17N5O/c20-9-18-19(25-17-5-6-21-12-17)24-16(11-23-18)8-15-7-13-3-1-2-4-14(13)10-22-15/h1-4,7,10-11,17,21H,5-6,8,12H2/t17-/m1/s1. The first-order chi connectivity index (χ1) is 12.3. The van der Waals surface area contributed by atoms with Gasteiger partial charge in [-0.1, -0.05) is 24.3 Å². The fourth-order valence-corrected chi connectivity index (χ4v) is 2.95. The number of hydrogen-bond donors (Lipinski definition) is 1. The Labute approximate surface area is 145 Å². The molecule has 0 aliphatic carbocycles. The van der Waals surface area contributed by atoms with Gasteiger partial charge in [0, 0.05) is 30.2 Å². The lowest BCUT2D eigenvalue weighted by molar-refractivity contribution is 0.212. The Kier molecular flexibility index (Phi) is 4.23. The van der Waals surface area contributed by atoms with Crippen LogP contribution in [0.3, 0.4) is 0 Å². The maximum atomic E-state index is 9.23. The largest absolute Gasteiger partial charge is 0.471 e. The Hall–Kier alpha value is -3.04. The van der Waals surface area contributed by atoms with E-state index in [1.54, 1.807) is 6.20 Å². The molecule has 0 radical (unpaired) electrons. The fourth-order valence-electron chi connectivity index (χ4n) is 2.95. The van der Waals surface area contributed by atoms with Gasteiger partial charge in [0.1, 0.15) is 12.2 Å². The summed E-state index contributed by atoms with van der Waals surface area (Å²) in [6.07, 6.45) is 4.97. The normalized spacial score (nSPS) is 16.7. The average Bonchev–Trinajstić information content (AvgIpc) is 3.15. The van der Waals surface area contributed by atoms with E-state index in [9.17, 15) is 5.26 Å². The van der Waals surface area contributed by atoms with Crippen molar-refractivity contribution in [3.63, 3.8) is 0 Å². The lowest BCUT2D eigenvalue weighted by Crippen LogP contribution is -2.21. The molecule has 0 spiro atoms. The zero-order valence-corrected chi connectivity index (χ0v) is 13.6. The van der Waals surface area contributed by atoms with E-state index in [0.717, 1.165) is 41.7 Å². The number of aromatic nitrogens is 3. The lowest BCUT2D eigenvalue weighted by atomic mass is 10.1. The summed E-state index contributed by atoms with van der Waals surface area (Å²) in [5, 5.41) is 14.7. The van der Waals surface area contributed by atoms with E-state index in [4.69, 9.17) is 4.74 Å². The van der Waals surface area contributed by atoms with E-state index < -0.39 is 0 Å². The number of nitriles is 1. The highest BCUT2D eigenvalue weighted by Gasteiger charge is 2.19. The molecule has 25 heavy (non-hydrogen) atoms. The van der Waals surface area contributed by atoms with Crippen LogP contribution >= 0.6 is 0 Å². The van der Waals surface area contributed by atoms with Gasteiger partial charge in [-0.3, -0.25) is 4.98 Å². The quantitative estimate of drug-likeness (QED) is 0.789. The van der Waals surface area contributed by atoms with Crippen molar-refractivity contribution in [2.75, 3.05) is 13.1 Å². The van der Waals surface area contributed by atoms with Crippen LogP contribution < -0.4 is 10.1 Å². The summed E-state index contributed by atoms with van der Waals surface area (Å²) in [4.78, 5) is 13.2. The van der Waals surface area contributed by atoms with Crippen molar-refractivity contribution in [1.29, 1.82) is 5.26 Å². The first kappa shape index (κ1) is 15.5. The van der Waals surface area contributed by atoms with Crippen LogP contribution in [0.25, 0.3) is 10.8 Å². The molecule has 6 heteroatoms. The summed E-state index contributed by atoms with van der Waals surface area (Å²) in [6.45, 7) is 1.68. The molecule has 124 valence electrons. The van der Waals surface area contributed by atoms with Crippen molar-refractivity contribution in [2.45, 2.75) is 18.9 Å². The van der Waals surface area contributed by atoms with Crippen LogP contribution in [0.1, 0.15) is 23.5 Å². The molecule has 1 saturated heterocycles. The lowest BCUT2D eigenvalue weighted by Gasteiger charge is -2.13. The van der Waals surface area contributed by atoms with Crippen LogP contribution in [-0.2, 0) is 6.42 Å². The van der Waals surface area contributed by atoms with Gasteiger partial charge in [0.25, 0.3) is 5.88 Å². The minimum Gasteiger partial charge on any atom is -0.471 e. The monoisotopic (exact) mass is 331 g/mol. The van der Waals surface area contributed by atoms with Crippen LogP contribution in [0.4, 0.5) is 0 Å². The van der Waals surface area contributed by atoms with E-state index in [-0.39, 0.29) is 11.8 Å². The Morgan fingerprint density at radius 3 is 2.84 bits per heavy atom. The van der Waals surface area contributed by atoms with Crippen LogP contribution in [-0.4, -0.2) is 34.1 Å². The second-order valence-electron chi connectivity index (χ2n) is 6.06. The number of benzene rings is 1. The maximum Gasteiger partial charge on any atom is 0.251 e. The van der Waals surface area contributed by atoms with Crippen LogP contribution in [0.5, 0.6) is 5.88 Å². The number of ether oxygens (including phenoxy) is 1. The molecule has 6 nitrogen and oxygen atoms in total. The molecule has 1 atom stereocenters. The van der Waals surface area contributed by atoms with Gasteiger partial charge in [-0.05, 0) is 24.4 Å². The molecule has 4 rings (SSSR count). The van der Waals surface area contributed by atoms with Gasteiger partial charge in [-0.15, -0.1) is 0 Å². The Morgan fingerprint density at radius 1 is 1.16 bits per heavy atom. The minimum atomic E-state index is 0.0374. The summed E-state index contributed by atoms with van der Waals surface area (Å²) in [6, 6.07) is 12.2. The number of hydrogen-bond acceptors (Lipinski definition) is 6. The molecule has 0 bridgehead atoms. The van der Waals surface area contributed by atoms with Crippen LogP contribution in [0, 0.1) is 11.3 Å². The third kappa shape index (κ3) is 3.42. The molecule has 1 N–H and O–H groups in total. The van der Waals surface area contributed by atoms with Crippen molar-refractivity contribution in [1.82, 2.24) is 20.3 Å². The molecule has 0 saturated carbocycles. The zero-order chi connectivity index (χ0) is 17.1. The molecular weight excluding hydrogens is 314 g/mol. The summed E-state index contributed by atoms with van der Waals surface area (Å²) < 4.78 is 5.87. The topological polar surface area (TPSA) is 83.7 Å². The van der Waals surface area contributed by atoms with Crippen LogP contribution in [0.15, 0.2) is 42.7 Å². The Balaban J connectivity index is 1.59. The van der Waals surface area contributed by atoms with Gasteiger partial charge in [-0.2, -0.15) is 5.26 Å². The second-order valence-corrected chi connectivity index (χ2v) is 6.06. The molecule has 1 aliphatic heterocycles. The molecule has 2 aromatic heterocycles. The van der Waals surface area contributed by atoms with Gasteiger partial charge < -0.3 is 10.1 Å². The third-order valence-corrected chi connectivity index (χ3v) is 4.24. The predicted molar refractivity (Wildman–Crippen MR) is 93.2 cm³/mol. The van der Waals surface area contributed by atoms with Crippen molar-refractivity contribution >= 4 is 10.8 Å². The molecule has 1 fully saturated rings. The van der Waals surface area contributed by atoms with Gasteiger partial charge in [0.05, 0.1) is 11.9 Å². The highest BCUT2D eigenvalue weighted by atomic mass is 16.5. The number of pyridine rings is 1. The van der Waals surface area contributed by atoms with Crippen molar-refractivity contribution < 1.29 is 4.74 Å². The Morgan fingerprint density at radius 2 is 2.04 bits per heavy atom.